The van der Waals surface area contributed by atoms with E-state index >= 15 is 0 Å². The summed E-state index contributed by atoms with van der Waals surface area (Å²) in [6.45, 7) is 3.50. The molecule has 6 nitrogen and oxygen atoms in total. The van der Waals surface area contributed by atoms with E-state index in [0.717, 1.165) is 0 Å². The molecule has 0 aliphatic rings. The van der Waals surface area contributed by atoms with Gasteiger partial charge in [-0.15, -0.1) is 0 Å². The first-order chi connectivity index (χ1) is 9.01. The highest BCUT2D eigenvalue weighted by molar-refractivity contribution is 5.98. The van der Waals surface area contributed by atoms with Crippen LogP contribution >= 0.6 is 0 Å². The zero-order valence-electron chi connectivity index (χ0n) is 11.0. The van der Waals surface area contributed by atoms with Crippen molar-refractivity contribution in [2.24, 2.45) is 0 Å². The molecule has 2 aromatic heterocycles. The van der Waals surface area contributed by atoms with Gasteiger partial charge in [-0.25, -0.2) is 4.79 Å². The highest BCUT2D eigenvalue weighted by atomic mass is 16.5. The van der Waals surface area contributed by atoms with E-state index in [1.165, 1.54) is 11.6 Å². The molecule has 0 bridgehead atoms. The highest BCUT2D eigenvalue weighted by Crippen LogP contribution is 2.28. The number of aromatic nitrogens is 2. The Balaban J connectivity index is 2.93. The monoisotopic (exact) mass is 264 g/mol. The van der Waals surface area contributed by atoms with Crippen molar-refractivity contribution >= 4 is 11.5 Å². The molecule has 0 spiro atoms. The molecule has 2 aromatic rings. The van der Waals surface area contributed by atoms with Crippen LogP contribution in [0.2, 0.25) is 0 Å². The number of methoxy groups -OCH3 is 1. The van der Waals surface area contributed by atoms with Crippen molar-refractivity contribution in [3.05, 3.63) is 29.0 Å². The fraction of sp³-hybridized carbons (Fsp3) is 0.385. The fourth-order valence-corrected chi connectivity index (χ4v) is 2.11. The van der Waals surface area contributed by atoms with E-state index in [0.29, 0.717) is 22.7 Å². The Morgan fingerprint density at radius 3 is 2.63 bits per heavy atom. The Kier molecular flexibility index (Phi) is 3.44. The lowest BCUT2D eigenvalue weighted by Gasteiger charge is -2.06. The molecule has 0 aromatic carbocycles. The van der Waals surface area contributed by atoms with Crippen LogP contribution in [-0.2, 0) is 6.61 Å². The van der Waals surface area contributed by atoms with Crippen LogP contribution in [0.5, 0.6) is 5.88 Å². The SMILES string of the molecule is COc1ccc(CO)c2c(C(=O)O)c(C(C)C)nn12. The number of hydrogen-bond acceptors (Lipinski definition) is 4. The van der Waals surface area contributed by atoms with Crippen LogP contribution in [0.25, 0.3) is 5.52 Å². The summed E-state index contributed by atoms with van der Waals surface area (Å²) >= 11 is 0. The van der Waals surface area contributed by atoms with Crippen molar-refractivity contribution in [2.75, 3.05) is 7.11 Å². The van der Waals surface area contributed by atoms with E-state index in [-0.39, 0.29) is 18.1 Å². The second kappa shape index (κ2) is 4.89. The number of aromatic carboxylic acids is 1. The minimum absolute atomic E-state index is 0.0396. The molecule has 0 radical (unpaired) electrons. The first-order valence-electron chi connectivity index (χ1n) is 5.93. The molecule has 19 heavy (non-hydrogen) atoms. The number of carboxylic acid groups (broad SMARTS) is 1. The Morgan fingerprint density at radius 1 is 1.47 bits per heavy atom. The fourth-order valence-electron chi connectivity index (χ4n) is 2.11. The summed E-state index contributed by atoms with van der Waals surface area (Å²) in [6.07, 6.45) is 0. The minimum Gasteiger partial charge on any atom is -0.481 e. The molecule has 102 valence electrons. The van der Waals surface area contributed by atoms with Gasteiger partial charge in [0.05, 0.1) is 24.9 Å². The predicted octanol–water partition coefficient (Wildman–Crippen LogP) is 1.66. The van der Waals surface area contributed by atoms with Crippen molar-refractivity contribution in [1.29, 1.82) is 0 Å². The van der Waals surface area contributed by atoms with Gasteiger partial charge in [0.15, 0.2) is 0 Å². The van der Waals surface area contributed by atoms with E-state index in [4.69, 9.17) is 4.74 Å². The van der Waals surface area contributed by atoms with Crippen molar-refractivity contribution in [1.82, 2.24) is 9.61 Å². The molecule has 0 saturated carbocycles. The van der Waals surface area contributed by atoms with Gasteiger partial charge in [-0.05, 0) is 12.0 Å². The molecule has 0 saturated heterocycles. The second-order valence-corrected chi connectivity index (χ2v) is 4.54. The van der Waals surface area contributed by atoms with Crippen LogP contribution in [0.1, 0.15) is 41.4 Å². The maximum atomic E-state index is 11.5. The van der Waals surface area contributed by atoms with E-state index in [9.17, 15) is 15.0 Å². The Labute approximate surface area is 110 Å². The van der Waals surface area contributed by atoms with Crippen LogP contribution < -0.4 is 4.74 Å². The first kappa shape index (κ1) is 13.4. The lowest BCUT2D eigenvalue weighted by Crippen LogP contribution is -2.03. The summed E-state index contributed by atoms with van der Waals surface area (Å²) in [5, 5.41) is 23.1. The van der Waals surface area contributed by atoms with Gasteiger partial charge >= 0.3 is 5.97 Å². The molecule has 2 heterocycles. The molecule has 0 aliphatic carbocycles. The van der Waals surface area contributed by atoms with Crippen molar-refractivity contribution in [2.45, 2.75) is 26.4 Å². The largest absolute Gasteiger partial charge is 0.481 e. The predicted molar refractivity (Wildman–Crippen MR) is 68.7 cm³/mol. The minimum atomic E-state index is -1.05. The highest BCUT2D eigenvalue weighted by Gasteiger charge is 2.24. The lowest BCUT2D eigenvalue weighted by atomic mass is 10.0. The molecule has 0 amide bonds. The van der Waals surface area contributed by atoms with Gasteiger partial charge < -0.3 is 14.9 Å². The third-order valence-corrected chi connectivity index (χ3v) is 2.99. The average Bonchev–Trinajstić information content (AvgIpc) is 2.78. The Bertz CT molecular complexity index is 631. The van der Waals surface area contributed by atoms with Crippen molar-refractivity contribution < 1.29 is 19.7 Å². The zero-order valence-corrected chi connectivity index (χ0v) is 11.0. The number of aliphatic hydroxyl groups excluding tert-OH is 1. The van der Waals surface area contributed by atoms with Crippen LogP contribution in [-0.4, -0.2) is 32.9 Å². The van der Waals surface area contributed by atoms with Gasteiger partial charge in [0.2, 0.25) is 5.88 Å². The Hall–Kier alpha value is -2.08. The van der Waals surface area contributed by atoms with Crippen molar-refractivity contribution in [3.8, 4) is 5.88 Å². The van der Waals surface area contributed by atoms with E-state index in [2.05, 4.69) is 5.10 Å². The second-order valence-electron chi connectivity index (χ2n) is 4.54. The average molecular weight is 264 g/mol. The van der Waals surface area contributed by atoms with E-state index in [1.54, 1.807) is 12.1 Å². The smallest absolute Gasteiger partial charge is 0.339 e. The topological polar surface area (TPSA) is 84.1 Å². The quantitative estimate of drug-likeness (QED) is 0.877. The summed E-state index contributed by atoms with van der Waals surface area (Å²) in [7, 11) is 1.49. The molecule has 0 fully saturated rings. The molecular formula is C13H16N2O4. The maximum absolute atomic E-state index is 11.5. The first-order valence-corrected chi connectivity index (χ1v) is 5.93. The van der Waals surface area contributed by atoms with Crippen LogP contribution in [0.4, 0.5) is 0 Å². The summed E-state index contributed by atoms with van der Waals surface area (Å²) in [6, 6.07) is 3.30. The molecule has 6 heteroatoms. The normalized spacial score (nSPS) is 11.2. The standard InChI is InChI=1S/C13H16N2O4/c1-7(2)11-10(13(17)18)12-8(6-16)4-5-9(19-3)15(12)14-11/h4-5,7,16H,6H2,1-3H3,(H,17,18). The molecule has 0 atom stereocenters. The zero-order chi connectivity index (χ0) is 14.2. The third-order valence-electron chi connectivity index (χ3n) is 2.99. The van der Waals surface area contributed by atoms with Gasteiger partial charge in [-0.2, -0.15) is 9.61 Å². The number of hydrogen-bond donors (Lipinski definition) is 2. The summed E-state index contributed by atoms with van der Waals surface area (Å²) < 4.78 is 6.62. The van der Waals surface area contributed by atoms with Gasteiger partial charge in [0.1, 0.15) is 5.56 Å². The number of rotatable bonds is 4. The van der Waals surface area contributed by atoms with Crippen LogP contribution in [0.3, 0.4) is 0 Å². The van der Waals surface area contributed by atoms with Crippen LogP contribution in [0, 0.1) is 0 Å². The molecular weight excluding hydrogens is 248 g/mol. The number of nitrogens with zero attached hydrogens (tertiary/aromatic N) is 2. The third kappa shape index (κ3) is 2.04. The van der Waals surface area contributed by atoms with Crippen LogP contribution in [0.15, 0.2) is 12.1 Å². The molecule has 2 rings (SSSR count). The van der Waals surface area contributed by atoms with E-state index < -0.39 is 5.97 Å². The number of carbonyl (C=O) groups is 1. The lowest BCUT2D eigenvalue weighted by molar-refractivity contribution is 0.0697. The molecule has 0 aliphatic heterocycles. The van der Waals surface area contributed by atoms with Gasteiger partial charge in [-0.3, -0.25) is 0 Å². The van der Waals surface area contributed by atoms with E-state index in [1.807, 2.05) is 13.8 Å². The van der Waals surface area contributed by atoms with Gasteiger partial charge in [0.25, 0.3) is 0 Å². The summed E-state index contributed by atoms with van der Waals surface area (Å²) in [5.41, 5.74) is 1.50. The number of carboxylic acids is 1. The maximum Gasteiger partial charge on any atom is 0.339 e. The number of fused-ring (bicyclic) bond motifs is 1. The van der Waals surface area contributed by atoms with Gasteiger partial charge in [-0.1, -0.05) is 13.8 Å². The number of aliphatic hydroxyl groups is 1. The Morgan fingerprint density at radius 2 is 2.16 bits per heavy atom. The van der Waals surface area contributed by atoms with Crippen molar-refractivity contribution in [3.63, 3.8) is 0 Å². The molecule has 2 N–H and O–H groups in total. The van der Waals surface area contributed by atoms with Gasteiger partial charge in [0, 0.05) is 11.6 Å². The number of pyridine rings is 1. The summed E-state index contributed by atoms with van der Waals surface area (Å²) in [4.78, 5) is 11.5. The summed E-state index contributed by atoms with van der Waals surface area (Å²) in [5.74, 6) is -0.662. The molecule has 0 unspecified atom stereocenters. The number of ether oxygens (including phenoxy) is 1.